The lowest BCUT2D eigenvalue weighted by Gasteiger charge is -2.29. The number of benzene rings is 2. The first kappa shape index (κ1) is 22.4. The topological polar surface area (TPSA) is 60.9 Å². The second-order valence-electron chi connectivity index (χ2n) is 7.32. The van der Waals surface area contributed by atoms with Gasteiger partial charge in [-0.3, -0.25) is 9.59 Å². The van der Waals surface area contributed by atoms with Gasteiger partial charge < -0.3 is 14.9 Å². The number of aliphatic hydroxyl groups is 1. The number of likely N-dealkylation sites (N-methyl/N-ethyl adjacent to an activating group) is 1. The van der Waals surface area contributed by atoms with Gasteiger partial charge in [0.25, 0.3) is 5.91 Å². The summed E-state index contributed by atoms with van der Waals surface area (Å²) in [7, 11) is 0. The number of nitrogens with zero attached hydrogens (tertiary/aromatic N) is 2. The molecule has 0 saturated heterocycles. The van der Waals surface area contributed by atoms with E-state index in [-0.39, 0.29) is 17.7 Å². The van der Waals surface area contributed by atoms with E-state index in [0.717, 1.165) is 18.7 Å². The third-order valence-electron chi connectivity index (χ3n) is 5.55. The van der Waals surface area contributed by atoms with Crippen molar-refractivity contribution in [2.24, 2.45) is 0 Å². The van der Waals surface area contributed by atoms with Crippen molar-refractivity contribution in [1.82, 2.24) is 9.80 Å². The number of carbonyl (C=O) groups is 2. The highest BCUT2D eigenvalue weighted by Crippen LogP contribution is 2.38. The molecule has 0 saturated carbocycles. The molecule has 1 N–H and O–H groups in total. The van der Waals surface area contributed by atoms with Gasteiger partial charge in [-0.2, -0.15) is 0 Å². The highest BCUT2D eigenvalue weighted by molar-refractivity contribution is 6.14. The Kier molecular flexibility index (Phi) is 7.36. The van der Waals surface area contributed by atoms with Crippen LogP contribution in [0.5, 0.6) is 0 Å². The molecule has 1 unspecified atom stereocenters. The summed E-state index contributed by atoms with van der Waals surface area (Å²) in [5.41, 5.74) is 0.902. The molecule has 1 aliphatic heterocycles. The Labute approximate surface area is 182 Å². The van der Waals surface area contributed by atoms with E-state index < -0.39 is 29.3 Å². The van der Waals surface area contributed by atoms with Crippen molar-refractivity contribution in [3.05, 3.63) is 88.9 Å². The van der Waals surface area contributed by atoms with Crippen LogP contribution < -0.4 is 0 Å². The van der Waals surface area contributed by atoms with Crippen LogP contribution in [0, 0.1) is 5.82 Å². The largest absolute Gasteiger partial charge is 0.503 e. The van der Waals surface area contributed by atoms with E-state index in [0.29, 0.717) is 6.54 Å². The maximum atomic E-state index is 14.7. The highest BCUT2D eigenvalue weighted by atomic mass is 19.1. The molecule has 3 rings (SSSR count). The van der Waals surface area contributed by atoms with Crippen molar-refractivity contribution in [2.75, 3.05) is 26.2 Å². The summed E-state index contributed by atoms with van der Waals surface area (Å²) in [5, 5.41) is 10.6. The predicted molar refractivity (Wildman–Crippen MR) is 119 cm³/mol. The molecule has 5 nitrogen and oxygen atoms in total. The maximum absolute atomic E-state index is 14.7. The number of allylic oxidation sites excluding steroid dienone is 1. The van der Waals surface area contributed by atoms with E-state index in [1.165, 1.54) is 17.0 Å². The van der Waals surface area contributed by atoms with Crippen molar-refractivity contribution in [3.8, 4) is 0 Å². The number of halogens is 1. The summed E-state index contributed by atoms with van der Waals surface area (Å²) in [6.45, 7) is 6.45. The lowest BCUT2D eigenvalue weighted by Crippen LogP contribution is -2.38. The zero-order chi connectivity index (χ0) is 22.4. The second kappa shape index (κ2) is 10.2. The first-order valence-corrected chi connectivity index (χ1v) is 10.5. The van der Waals surface area contributed by atoms with Gasteiger partial charge in [0.1, 0.15) is 5.82 Å². The van der Waals surface area contributed by atoms with Gasteiger partial charge in [-0.05, 0) is 30.8 Å². The first-order valence-electron chi connectivity index (χ1n) is 10.5. The Morgan fingerprint density at radius 1 is 1.10 bits per heavy atom. The van der Waals surface area contributed by atoms with Crippen molar-refractivity contribution >= 4 is 17.8 Å². The van der Waals surface area contributed by atoms with Crippen LogP contribution in [0.3, 0.4) is 0 Å². The van der Waals surface area contributed by atoms with E-state index in [2.05, 4.69) is 4.90 Å². The van der Waals surface area contributed by atoms with Gasteiger partial charge in [0.2, 0.25) is 0 Å². The van der Waals surface area contributed by atoms with E-state index in [4.69, 9.17) is 0 Å². The molecule has 0 radical (unpaired) electrons. The number of rotatable bonds is 9. The van der Waals surface area contributed by atoms with E-state index in [1.54, 1.807) is 24.3 Å². The van der Waals surface area contributed by atoms with Gasteiger partial charge >= 0.3 is 0 Å². The van der Waals surface area contributed by atoms with Gasteiger partial charge in [-0.25, -0.2) is 4.39 Å². The fraction of sp³-hybridized carbons (Fsp3) is 0.280. The quantitative estimate of drug-likeness (QED) is 0.617. The molecule has 6 heteroatoms. The molecule has 0 aliphatic carbocycles. The second-order valence-corrected chi connectivity index (χ2v) is 7.32. The molecule has 162 valence electrons. The number of aliphatic hydroxyl groups excluding tert-OH is 1. The van der Waals surface area contributed by atoms with Crippen molar-refractivity contribution < 1.29 is 19.1 Å². The minimum Gasteiger partial charge on any atom is -0.503 e. The Balaban J connectivity index is 1.97. The number of hydrogen-bond donors (Lipinski definition) is 1. The molecule has 31 heavy (non-hydrogen) atoms. The predicted octanol–water partition coefficient (Wildman–Crippen LogP) is 4.15. The number of carbonyl (C=O) groups excluding carboxylic acids is 2. The highest BCUT2D eigenvalue weighted by Gasteiger charge is 2.43. The molecule has 1 amide bonds. The molecule has 2 aromatic rings. The van der Waals surface area contributed by atoms with Crippen LogP contribution in [0.4, 0.5) is 4.39 Å². The lowest BCUT2D eigenvalue weighted by atomic mass is 9.95. The van der Waals surface area contributed by atoms with Crippen molar-refractivity contribution in [2.45, 2.75) is 19.9 Å². The van der Waals surface area contributed by atoms with Crippen LogP contribution in [-0.2, 0) is 9.59 Å². The Morgan fingerprint density at radius 2 is 1.74 bits per heavy atom. The zero-order valence-electron chi connectivity index (χ0n) is 17.8. The number of amides is 1. The van der Waals surface area contributed by atoms with Crippen LogP contribution in [0.2, 0.25) is 0 Å². The summed E-state index contributed by atoms with van der Waals surface area (Å²) >= 11 is 0. The van der Waals surface area contributed by atoms with Crippen LogP contribution in [0.15, 0.2) is 72.0 Å². The maximum Gasteiger partial charge on any atom is 0.290 e. The van der Waals surface area contributed by atoms with Gasteiger partial charge in [0.05, 0.1) is 11.6 Å². The van der Waals surface area contributed by atoms with Gasteiger partial charge in [-0.15, -0.1) is 0 Å². The Bertz CT molecular complexity index is 997. The van der Waals surface area contributed by atoms with Crippen LogP contribution in [0.25, 0.3) is 6.08 Å². The SMILES string of the molecule is CCN(CC)CCN1C(=O)C(O)=C(C(=O)/C=C/c2ccccc2)C1c1ccccc1F. The van der Waals surface area contributed by atoms with Crippen LogP contribution in [0.1, 0.15) is 31.0 Å². The Morgan fingerprint density at radius 3 is 2.39 bits per heavy atom. The molecule has 0 bridgehead atoms. The summed E-state index contributed by atoms with van der Waals surface area (Å²) in [6, 6.07) is 14.3. The third kappa shape index (κ3) is 4.91. The molecule has 1 heterocycles. The number of ketones is 1. The van der Waals surface area contributed by atoms with Gasteiger partial charge in [-0.1, -0.05) is 68.5 Å². The zero-order valence-corrected chi connectivity index (χ0v) is 17.8. The van der Waals surface area contributed by atoms with E-state index in [9.17, 15) is 19.1 Å². The molecule has 0 spiro atoms. The molecule has 0 fully saturated rings. The average Bonchev–Trinajstić information content (AvgIpc) is 3.04. The lowest BCUT2D eigenvalue weighted by molar-refractivity contribution is -0.129. The normalized spacial score (nSPS) is 16.7. The van der Waals surface area contributed by atoms with Crippen LogP contribution >= 0.6 is 0 Å². The third-order valence-corrected chi connectivity index (χ3v) is 5.55. The fourth-order valence-electron chi connectivity index (χ4n) is 3.77. The molecular weight excluding hydrogens is 395 g/mol. The van der Waals surface area contributed by atoms with E-state index >= 15 is 0 Å². The minimum atomic E-state index is -0.975. The smallest absolute Gasteiger partial charge is 0.290 e. The molecule has 1 aliphatic rings. The fourth-order valence-corrected chi connectivity index (χ4v) is 3.77. The summed E-state index contributed by atoms with van der Waals surface area (Å²) in [6.07, 6.45) is 2.93. The summed E-state index contributed by atoms with van der Waals surface area (Å²) in [4.78, 5) is 29.4. The standard InChI is InChI=1S/C25H27FN2O3/c1-3-27(4-2)16-17-28-23(19-12-8-9-13-20(19)26)22(24(30)25(28)31)21(29)15-14-18-10-6-5-7-11-18/h5-15,23,30H,3-4,16-17H2,1-2H3/b15-14+. The Hall–Kier alpha value is -3.25. The molecule has 2 aromatic carbocycles. The average molecular weight is 423 g/mol. The molecular formula is C25H27FN2O3. The van der Waals surface area contributed by atoms with Crippen molar-refractivity contribution in [1.29, 1.82) is 0 Å². The summed E-state index contributed by atoms with van der Waals surface area (Å²) < 4.78 is 14.7. The summed E-state index contributed by atoms with van der Waals surface area (Å²) in [5.74, 6) is -2.32. The minimum absolute atomic E-state index is 0.0955. The van der Waals surface area contributed by atoms with E-state index in [1.807, 2.05) is 44.2 Å². The molecule has 0 aromatic heterocycles. The molecule has 1 atom stereocenters. The van der Waals surface area contributed by atoms with Gasteiger partial charge in [0, 0.05) is 18.7 Å². The number of hydrogen-bond acceptors (Lipinski definition) is 4. The monoisotopic (exact) mass is 422 g/mol. The first-order chi connectivity index (χ1) is 15.0. The van der Waals surface area contributed by atoms with Crippen LogP contribution in [-0.4, -0.2) is 52.8 Å². The van der Waals surface area contributed by atoms with Gasteiger partial charge in [0.15, 0.2) is 11.5 Å². The van der Waals surface area contributed by atoms with Crippen molar-refractivity contribution in [3.63, 3.8) is 0 Å².